The van der Waals surface area contributed by atoms with Crippen molar-refractivity contribution in [2.45, 2.75) is 25.6 Å². The molecule has 8 nitrogen and oxygen atoms in total. The number of nitrogens with zero attached hydrogens (tertiary/aromatic N) is 2. The normalized spacial score (nSPS) is 17.8. The molecule has 178 valence electrons. The number of benzene rings is 2. The maximum atomic E-state index is 14.2. The highest BCUT2D eigenvalue weighted by molar-refractivity contribution is 6.30. The van der Waals surface area contributed by atoms with E-state index in [2.05, 4.69) is 5.32 Å². The number of para-hydroxylation sites is 1. The van der Waals surface area contributed by atoms with Crippen molar-refractivity contribution in [1.29, 1.82) is 0 Å². The standard InChI is InChI=1S/C24H24ClFN4O4/c25-18-6-3-4-15(22(18)26)9-28-24(34)20-8-14(13-31)10-30(20)21(32)12-29-11-17(23(27)33)16-5-1-2-7-19(16)29/h1-7,11,14,20,31H,8-10,12-13H2,(H2,27,33)(H,28,34)/t14-,20-/m0/s1. The summed E-state index contributed by atoms with van der Waals surface area (Å²) in [5.74, 6) is -2.26. The van der Waals surface area contributed by atoms with Gasteiger partial charge in [-0.3, -0.25) is 14.4 Å². The van der Waals surface area contributed by atoms with Gasteiger partial charge in [0.15, 0.2) is 0 Å². The molecular formula is C24H24ClFN4O4. The Kier molecular flexibility index (Phi) is 6.85. The van der Waals surface area contributed by atoms with Crippen molar-refractivity contribution >= 4 is 40.2 Å². The van der Waals surface area contributed by atoms with E-state index in [9.17, 15) is 23.9 Å². The molecule has 0 aliphatic carbocycles. The number of amides is 3. The zero-order valence-electron chi connectivity index (χ0n) is 18.2. The largest absolute Gasteiger partial charge is 0.396 e. The second kappa shape index (κ2) is 9.82. The van der Waals surface area contributed by atoms with E-state index in [1.807, 2.05) is 0 Å². The number of fused-ring (bicyclic) bond motifs is 1. The lowest BCUT2D eigenvalue weighted by Gasteiger charge is -2.24. The first kappa shape index (κ1) is 23.7. The minimum absolute atomic E-state index is 0.0426. The average molecular weight is 487 g/mol. The van der Waals surface area contributed by atoms with Gasteiger partial charge in [-0.1, -0.05) is 41.9 Å². The molecule has 1 aliphatic rings. The third kappa shape index (κ3) is 4.62. The SMILES string of the molecule is NC(=O)c1cn(CC(=O)N2C[C@@H](CO)C[C@H]2C(=O)NCc2cccc(Cl)c2F)c2ccccc12. The van der Waals surface area contributed by atoms with E-state index in [0.717, 1.165) is 0 Å². The van der Waals surface area contributed by atoms with Crippen molar-refractivity contribution in [3.63, 3.8) is 0 Å². The summed E-state index contributed by atoms with van der Waals surface area (Å²) in [6.45, 7) is -0.161. The van der Waals surface area contributed by atoms with Crippen LogP contribution in [0.25, 0.3) is 10.9 Å². The molecule has 1 aromatic heterocycles. The highest BCUT2D eigenvalue weighted by atomic mass is 35.5. The Bertz CT molecular complexity index is 1260. The van der Waals surface area contributed by atoms with E-state index in [4.69, 9.17) is 17.3 Å². The number of nitrogens with one attached hydrogen (secondary N) is 1. The number of hydrogen-bond donors (Lipinski definition) is 3. The van der Waals surface area contributed by atoms with Gasteiger partial charge >= 0.3 is 0 Å². The van der Waals surface area contributed by atoms with Crippen LogP contribution in [0.1, 0.15) is 22.3 Å². The molecule has 4 N–H and O–H groups in total. The van der Waals surface area contributed by atoms with E-state index in [1.54, 1.807) is 34.9 Å². The molecule has 0 saturated carbocycles. The fourth-order valence-corrected chi connectivity index (χ4v) is 4.57. The summed E-state index contributed by atoms with van der Waals surface area (Å²) < 4.78 is 15.8. The fraction of sp³-hybridized carbons (Fsp3) is 0.292. The van der Waals surface area contributed by atoms with Gasteiger partial charge in [0.2, 0.25) is 11.8 Å². The van der Waals surface area contributed by atoms with Gasteiger partial charge in [0.05, 0.1) is 10.6 Å². The predicted molar refractivity (Wildman–Crippen MR) is 124 cm³/mol. The molecule has 0 bridgehead atoms. The van der Waals surface area contributed by atoms with Gasteiger partial charge < -0.3 is 25.6 Å². The summed E-state index contributed by atoms with van der Waals surface area (Å²) >= 11 is 5.80. The van der Waals surface area contributed by atoms with Gasteiger partial charge in [-0.05, 0) is 18.6 Å². The third-order valence-corrected chi connectivity index (χ3v) is 6.41. The first-order valence-corrected chi connectivity index (χ1v) is 11.2. The first-order valence-electron chi connectivity index (χ1n) is 10.8. The molecule has 10 heteroatoms. The second-order valence-electron chi connectivity index (χ2n) is 8.33. The summed E-state index contributed by atoms with van der Waals surface area (Å²) in [7, 11) is 0. The van der Waals surface area contributed by atoms with Gasteiger partial charge in [0.1, 0.15) is 18.4 Å². The van der Waals surface area contributed by atoms with Crippen molar-refractivity contribution in [3.8, 4) is 0 Å². The Hall–Kier alpha value is -3.43. The van der Waals surface area contributed by atoms with Crippen molar-refractivity contribution in [1.82, 2.24) is 14.8 Å². The summed E-state index contributed by atoms with van der Waals surface area (Å²) in [4.78, 5) is 39.4. The molecule has 2 atom stereocenters. The number of nitrogens with two attached hydrogens (primary N) is 1. The molecule has 0 spiro atoms. The van der Waals surface area contributed by atoms with Crippen LogP contribution in [0.3, 0.4) is 0 Å². The van der Waals surface area contributed by atoms with Crippen LogP contribution in [0, 0.1) is 11.7 Å². The Morgan fingerprint density at radius 3 is 2.68 bits per heavy atom. The highest BCUT2D eigenvalue weighted by Crippen LogP contribution is 2.26. The quantitative estimate of drug-likeness (QED) is 0.473. The highest BCUT2D eigenvalue weighted by Gasteiger charge is 2.39. The third-order valence-electron chi connectivity index (χ3n) is 6.11. The summed E-state index contributed by atoms with van der Waals surface area (Å²) in [6, 6.07) is 10.8. The molecule has 3 aromatic rings. The summed E-state index contributed by atoms with van der Waals surface area (Å²) in [5.41, 5.74) is 6.68. The summed E-state index contributed by atoms with van der Waals surface area (Å²) in [6.07, 6.45) is 1.81. The van der Waals surface area contributed by atoms with Crippen molar-refractivity contribution in [2.75, 3.05) is 13.2 Å². The van der Waals surface area contributed by atoms with Gasteiger partial charge in [-0.25, -0.2) is 4.39 Å². The number of likely N-dealkylation sites (tertiary alicyclic amines) is 1. The molecule has 4 rings (SSSR count). The van der Waals surface area contributed by atoms with Crippen LogP contribution in [0.2, 0.25) is 5.02 Å². The number of carbonyl (C=O) groups is 3. The Morgan fingerprint density at radius 2 is 1.94 bits per heavy atom. The first-order chi connectivity index (χ1) is 16.3. The number of aromatic nitrogens is 1. The minimum atomic E-state index is -0.815. The zero-order valence-corrected chi connectivity index (χ0v) is 19.0. The molecule has 1 saturated heterocycles. The minimum Gasteiger partial charge on any atom is -0.396 e. The fourth-order valence-electron chi connectivity index (χ4n) is 4.38. The van der Waals surface area contributed by atoms with E-state index >= 15 is 0 Å². The molecule has 34 heavy (non-hydrogen) atoms. The van der Waals surface area contributed by atoms with E-state index in [0.29, 0.717) is 16.5 Å². The molecular weight excluding hydrogens is 463 g/mol. The lowest BCUT2D eigenvalue weighted by Crippen LogP contribution is -2.46. The van der Waals surface area contributed by atoms with Crippen LogP contribution in [0.15, 0.2) is 48.7 Å². The van der Waals surface area contributed by atoms with Crippen LogP contribution in [-0.4, -0.2) is 51.5 Å². The molecule has 2 heterocycles. The average Bonchev–Trinajstić information content (AvgIpc) is 3.42. The van der Waals surface area contributed by atoms with E-state index in [-0.39, 0.29) is 55.1 Å². The van der Waals surface area contributed by atoms with Crippen LogP contribution >= 0.6 is 11.6 Å². The number of primary amides is 1. The topological polar surface area (TPSA) is 118 Å². The molecule has 0 radical (unpaired) electrons. The zero-order chi connectivity index (χ0) is 24.4. The Morgan fingerprint density at radius 1 is 1.18 bits per heavy atom. The maximum Gasteiger partial charge on any atom is 0.250 e. The molecule has 1 fully saturated rings. The van der Waals surface area contributed by atoms with Crippen molar-refractivity contribution in [3.05, 3.63) is 70.6 Å². The van der Waals surface area contributed by atoms with E-state index < -0.39 is 23.7 Å². The van der Waals surface area contributed by atoms with Crippen LogP contribution in [-0.2, 0) is 22.7 Å². The Labute approximate surface area is 200 Å². The number of rotatable bonds is 7. The monoisotopic (exact) mass is 486 g/mol. The van der Waals surface area contributed by atoms with Gasteiger partial charge in [0, 0.05) is 48.3 Å². The number of aliphatic hydroxyl groups excluding tert-OH is 1. The van der Waals surface area contributed by atoms with Crippen molar-refractivity contribution in [2.24, 2.45) is 11.7 Å². The van der Waals surface area contributed by atoms with Gasteiger partial charge in [-0.2, -0.15) is 0 Å². The maximum absolute atomic E-state index is 14.2. The van der Waals surface area contributed by atoms with E-state index in [1.165, 1.54) is 23.2 Å². The molecule has 2 aromatic carbocycles. The van der Waals surface area contributed by atoms with Crippen LogP contribution in [0.4, 0.5) is 4.39 Å². The summed E-state index contributed by atoms with van der Waals surface area (Å²) in [5, 5.41) is 12.9. The van der Waals surface area contributed by atoms with Crippen molar-refractivity contribution < 1.29 is 23.9 Å². The predicted octanol–water partition coefficient (Wildman–Crippen LogP) is 2.06. The van der Waals surface area contributed by atoms with Crippen LogP contribution < -0.4 is 11.1 Å². The molecule has 0 unspecified atom stereocenters. The van der Waals surface area contributed by atoms with Crippen LogP contribution in [0.5, 0.6) is 0 Å². The number of carbonyl (C=O) groups excluding carboxylic acids is 3. The Balaban J connectivity index is 1.52. The number of hydrogen-bond acceptors (Lipinski definition) is 4. The smallest absolute Gasteiger partial charge is 0.250 e. The number of halogens is 2. The van der Waals surface area contributed by atoms with Gasteiger partial charge in [-0.15, -0.1) is 0 Å². The lowest BCUT2D eigenvalue weighted by molar-refractivity contribution is -0.139. The number of aliphatic hydroxyl groups is 1. The lowest BCUT2D eigenvalue weighted by atomic mass is 10.1. The second-order valence-corrected chi connectivity index (χ2v) is 8.74. The molecule has 1 aliphatic heterocycles. The van der Waals surface area contributed by atoms with Gasteiger partial charge in [0.25, 0.3) is 5.91 Å². The molecule has 3 amide bonds.